The number of piperidine rings is 1. The van der Waals surface area contributed by atoms with Gasteiger partial charge in [0.2, 0.25) is 11.8 Å². The molecule has 3 aromatic rings. The van der Waals surface area contributed by atoms with Crippen molar-refractivity contribution in [1.82, 2.24) is 10.2 Å². The molecule has 0 atom stereocenters. The van der Waals surface area contributed by atoms with E-state index in [1.807, 2.05) is 60.7 Å². The zero-order valence-electron chi connectivity index (χ0n) is 18.4. The quantitative estimate of drug-likeness (QED) is 0.527. The minimum Gasteiger partial charge on any atom is -0.356 e. The van der Waals surface area contributed by atoms with Crippen molar-refractivity contribution < 1.29 is 9.59 Å². The van der Waals surface area contributed by atoms with E-state index in [1.54, 1.807) is 0 Å². The van der Waals surface area contributed by atoms with E-state index in [2.05, 4.69) is 27.7 Å². The molecule has 0 aliphatic carbocycles. The predicted octanol–water partition coefficient (Wildman–Crippen LogP) is 4.24. The largest absolute Gasteiger partial charge is 0.356 e. The van der Waals surface area contributed by atoms with E-state index in [1.165, 1.54) is 5.56 Å². The van der Waals surface area contributed by atoms with E-state index in [4.69, 9.17) is 0 Å². The van der Waals surface area contributed by atoms with E-state index in [-0.39, 0.29) is 17.7 Å². The Morgan fingerprint density at radius 1 is 0.875 bits per heavy atom. The molecular formula is C27H31N3O2. The average Bonchev–Trinajstić information content (AvgIpc) is 2.83. The molecule has 2 amide bonds. The zero-order chi connectivity index (χ0) is 22.2. The molecular weight excluding hydrogens is 398 g/mol. The molecule has 2 N–H and O–H groups in total. The lowest BCUT2D eigenvalue weighted by molar-refractivity contribution is -0.126. The summed E-state index contributed by atoms with van der Waals surface area (Å²) in [6.07, 6.45) is 3.52. The van der Waals surface area contributed by atoms with Crippen molar-refractivity contribution in [3.63, 3.8) is 0 Å². The highest BCUT2D eigenvalue weighted by Crippen LogP contribution is 2.23. The van der Waals surface area contributed by atoms with Gasteiger partial charge in [0, 0.05) is 23.5 Å². The molecule has 166 valence electrons. The van der Waals surface area contributed by atoms with Crippen LogP contribution in [0.2, 0.25) is 0 Å². The van der Waals surface area contributed by atoms with Gasteiger partial charge in [0.15, 0.2) is 0 Å². The molecule has 4 rings (SSSR count). The Morgan fingerprint density at radius 3 is 2.41 bits per heavy atom. The third kappa shape index (κ3) is 5.95. The molecule has 0 unspecified atom stereocenters. The van der Waals surface area contributed by atoms with Gasteiger partial charge in [-0.3, -0.25) is 14.5 Å². The first kappa shape index (κ1) is 22.0. The number of rotatable bonds is 8. The molecule has 0 bridgehead atoms. The standard InChI is InChI=1S/C27H31N3O2/c31-26(29-25-14-6-12-22-11-4-5-13-24(22)25)20-30-18-15-23(16-19-30)27(32)28-17-7-10-21-8-2-1-3-9-21/h1-6,8-9,11-14,23H,7,10,15-20H2,(H,28,32)(H,29,31). The Bertz CT molecular complexity index is 1040. The van der Waals surface area contributed by atoms with Gasteiger partial charge in [-0.25, -0.2) is 0 Å². The minimum absolute atomic E-state index is 0.00911. The number of benzene rings is 3. The Balaban J connectivity index is 1.17. The Kier molecular flexibility index (Phi) is 7.51. The summed E-state index contributed by atoms with van der Waals surface area (Å²) < 4.78 is 0. The molecule has 0 aromatic heterocycles. The minimum atomic E-state index is -0.00911. The van der Waals surface area contributed by atoms with Gasteiger partial charge < -0.3 is 10.6 Å². The molecule has 0 radical (unpaired) electrons. The molecule has 5 nitrogen and oxygen atoms in total. The molecule has 1 aliphatic heterocycles. The van der Waals surface area contributed by atoms with E-state index >= 15 is 0 Å². The number of hydrogen-bond acceptors (Lipinski definition) is 3. The maximum atomic E-state index is 12.6. The molecule has 32 heavy (non-hydrogen) atoms. The number of carbonyl (C=O) groups is 2. The van der Waals surface area contributed by atoms with Crippen molar-refractivity contribution in [2.45, 2.75) is 25.7 Å². The first-order chi connectivity index (χ1) is 15.7. The fourth-order valence-corrected chi connectivity index (χ4v) is 4.37. The number of carbonyl (C=O) groups excluding carboxylic acids is 2. The number of amides is 2. The van der Waals surface area contributed by atoms with Gasteiger partial charge in [-0.15, -0.1) is 0 Å². The number of aryl methyl sites for hydroxylation is 1. The predicted molar refractivity (Wildman–Crippen MR) is 130 cm³/mol. The van der Waals surface area contributed by atoms with E-state index in [0.29, 0.717) is 13.1 Å². The molecule has 0 saturated carbocycles. The molecule has 0 spiro atoms. The Hall–Kier alpha value is -3.18. The summed E-state index contributed by atoms with van der Waals surface area (Å²) in [5, 5.41) is 8.30. The van der Waals surface area contributed by atoms with Gasteiger partial charge in [-0.05, 0) is 55.8 Å². The van der Waals surface area contributed by atoms with Crippen LogP contribution in [0.25, 0.3) is 10.8 Å². The van der Waals surface area contributed by atoms with Gasteiger partial charge in [0.05, 0.1) is 6.54 Å². The van der Waals surface area contributed by atoms with E-state index in [9.17, 15) is 9.59 Å². The summed E-state index contributed by atoms with van der Waals surface area (Å²) in [4.78, 5) is 27.2. The molecule has 3 aromatic carbocycles. The first-order valence-electron chi connectivity index (χ1n) is 11.5. The van der Waals surface area contributed by atoms with Crippen LogP contribution < -0.4 is 10.6 Å². The van der Waals surface area contributed by atoms with Crippen LogP contribution in [0, 0.1) is 5.92 Å². The fourth-order valence-electron chi connectivity index (χ4n) is 4.37. The molecule has 1 heterocycles. The number of nitrogens with one attached hydrogen (secondary N) is 2. The van der Waals surface area contributed by atoms with Crippen LogP contribution in [0.15, 0.2) is 72.8 Å². The summed E-state index contributed by atoms with van der Waals surface area (Å²) in [6.45, 7) is 2.60. The second-order valence-corrected chi connectivity index (χ2v) is 8.51. The van der Waals surface area contributed by atoms with Crippen LogP contribution in [0.5, 0.6) is 0 Å². The average molecular weight is 430 g/mol. The van der Waals surface area contributed by atoms with Crippen LogP contribution in [0.4, 0.5) is 5.69 Å². The van der Waals surface area contributed by atoms with Crippen molar-refractivity contribution in [3.05, 3.63) is 78.4 Å². The normalized spacial score (nSPS) is 14.9. The van der Waals surface area contributed by atoms with Crippen LogP contribution in [-0.4, -0.2) is 42.9 Å². The summed E-state index contributed by atoms with van der Waals surface area (Å²) in [5.74, 6) is 0.187. The molecule has 1 fully saturated rings. The first-order valence-corrected chi connectivity index (χ1v) is 11.5. The van der Waals surface area contributed by atoms with Crippen LogP contribution in [0.3, 0.4) is 0 Å². The summed E-state index contributed by atoms with van der Waals surface area (Å²) in [6, 6.07) is 24.3. The number of likely N-dealkylation sites (tertiary alicyclic amines) is 1. The van der Waals surface area contributed by atoms with E-state index < -0.39 is 0 Å². The summed E-state index contributed by atoms with van der Waals surface area (Å²) >= 11 is 0. The lowest BCUT2D eigenvalue weighted by atomic mass is 9.96. The maximum Gasteiger partial charge on any atom is 0.238 e. The highest BCUT2D eigenvalue weighted by molar-refractivity contribution is 6.02. The highest BCUT2D eigenvalue weighted by Gasteiger charge is 2.25. The maximum absolute atomic E-state index is 12.6. The smallest absolute Gasteiger partial charge is 0.238 e. The second kappa shape index (κ2) is 10.9. The van der Waals surface area contributed by atoms with Gasteiger partial charge in [0.1, 0.15) is 0 Å². The number of nitrogens with zero attached hydrogens (tertiary/aromatic N) is 1. The molecule has 1 aliphatic rings. The third-order valence-corrected chi connectivity index (χ3v) is 6.17. The van der Waals surface area contributed by atoms with Crippen molar-refractivity contribution >= 4 is 28.3 Å². The number of fused-ring (bicyclic) bond motifs is 1. The second-order valence-electron chi connectivity index (χ2n) is 8.51. The third-order valence-electron chi connectivity index (χ3n) is 6.17. The monoisotopic (exact) mass is 429 g/mol. The molecule has 5 heteroatoms. The molecule has 1 saturated heterocycles. The van der Waals surface area contributed by atoms with Crippen molar-refractivity contribution in [1.29, 1.82) is 0 Å². The number of hydrogen-bond donors (Lipinski definition) is 2. The van der Waals surface area contributed by atoms with Crippen molar-refractivity contribution in [3.8, 4) is 0 Å². The fraction of sp³-hybridized carbons (Fsp3) is 0.333. The van der Waals surface area contributed by atoms with Gasteiger partial charge in [-0.2, -0.15) is 0 Å². The van der Waals surface area contributed by atoms with E-state index in [0.717, 1.165) is 55.2 Å². The van der Waals surface area contributed by atoms with Crippen molar-refractivity contribution in [2.75, 3.05) is 31.5 Å². The van der Waals surface area contributed by atoms with Crippen LogP contribution >= 0.6 is 0 Å². The SMILES string of the molecule is O=C(CN1CCC(C(=O)NCCCc2ccccc2)CC1)Nc1cccc2ccccc12. The highest BCUT2D eigenvalue weighted by atomic mass is 16.2. The topological polar surface area (TPSA) is 61.4 Å². The van der Waals surface area contributed by atoms with Gasteiger partial charge >= 0.3 is 0 Å². The van der Waals surface area contributed by atoms with Gasteiger partial charge in [-0.1, -0.05) is 66.7 Å². The zero-order valence-corrected chi connectivity index (χ0v) is 18.4. The Labute approximate surface area is 189 Å². The van der Waals surface area contributed by atoms with Crippen LogP contribution in [0.1, 0.15) is 24.8 Å². The summed E-state index contributed by atoms with van der Waals surface area (Å²) in [7, 11) is 0. The van der Waals surface area contributed by atoms with Crippen LogP contribution in [-0.2, 0) is 16.0 Å². The Morgan fingerprint density at radius 2 is 1.59 bits per heavy atom. The lowest BCUT2D eigenvalue weighted by Gasteiger charge is -2.30. The van der Waals surface area contributed by atoms with Gasteiger partial charge in [0.25, 0.3) is 0 Å². The summed E-state index contributed by atoms with van der Waals surface area (Å²) in [5.41, 5.74) is 2.15. The van der Waals surface area contributed by atoms with Crippen molar-refractivity contribution in [2.24, 2.45) is 5.92 Å². The lowest BCUT2D eigenvalue weighted by Crippen LogP contribution is -2.43. The number of anilines is 1.